The zero-order valence-corrected chi connectivity index (χ0v) is 10.2. The Balaban J connectivity index is 4.11. The van der Waals surface area contributed by atoms with Crippen molar-refractivity contribution in [3.8, 4) is 0 Å². The fourth-order valence-electron chi connectivity index (χ4n) is 1.20. The van der Waals surface area contributed by atoms with Gasteiger partial charge in [0.25, 0.3) is 0 Å². The van der Waals surface area contributed by atoms with Crippen LogP contribution in [-0.2, 0) is 9.59 Å². The van der Waals surface area contributed by atoms with Crippen molar-refractivity contribution >= 4 is 17.8 Å². The van der Waals surface area contributed by atoms with Crippen molar-refractivity contribution in [3.63, 3.8) is 0 Å². The smallest absolute Gasteiger partial charge is 0.331 e. The van der Waals surface area contributed by atoms with E-state index >= 15 is 0 Å². The quantitative estimate of drug-likeness (QED) is 0.0965. The summed E-state index contributed by atoms with van der Waals surface area (Å²) in [6.45, 7) is 0.349. The number of aliphatic carboxylic acids is 1. The maximum atomic E-state index is 11.5. The number of hydrogen-bond donors (Lipinski definition) is 8. The van der Waals surface area contributed by atoms with Crippen LogP contribution >= 0.6 is 0 Å². The lowest BCUT2D eigenvalue weighted by molar-refractivity contribution is -0.155. The van der Waals surface area contributed by atoms with Crippen LogP contribution in [0.4, 0.5) is 0 Å². The highest BCUT2D eigenvalue weighted by Gasteiger charge is 2.28. The SMILES string of the molecule is N=C(N)NCCC[C@H](N)C(=O)N[C@H](C(=O)O)C(O)O. The lowest BCUT2D eigenvalue weighted by Gasteiger charge is -2.19. The fourth-order valence-corrected chi connectivity index (χ4v) is 1.20. The standard InChI is InChI=1S/C9H19N5O5/c10-4(2-1-3-13-9(11)12)6(15)14-5(7(16)17)8(18)19/h4-5,7,16-17H,1-3,10H2,(H,14,15)(H,18,19)(H4,11,12,13)/t4-,5-/m0/s1. The molecular formula is C9H19N5O5. The Labute approximate surface area is 109 Å². The summed E-state index contributed by atoms with van der Waals surface area (Å²) in [6, 6.07) is -2.82. The third kappa shape index (κ3) is 7.18. The van der Waals surface area contributed by atoms with E-state index in [1.165, 1.54) is 0 Å². The van der Waals surface area contributed by atoms with Crippen LogP contribution in [0.15, 0.2) is 0 Å². The van der Waals surface area contributed by atoms with Crippen LogP contribution in [0.5, 0.6) is 0 Å². The molecule has 1 amide bonds. The van der Waals surface area contributed by atoms with Crippen molar-refractivity contribution < 1.29 is 24.9 Å². The zero-order chi connectivity index (χ0) is 15.0. The molecule has 0 aromatic heterocycles. The minimum absolute atomic E-state index is 0.202. The molecule has 0 aliphatic heterocycles. The number of rotatable bonds is 8. The number of aliphatic hydroxyl groups excluding tert-OH is 1. The maximum Gasteiger partial charge on any atom is 0.331 e. The van der Waals surface area contributed by atoms with Crippen LogP contribution < -0.4 is 22.1 Å². The molecule has 0 unspecified atom stereocenters. The van der Waals surface area contributed by atoms with Crippen molar-refractivity contribution in [1.82, 2.24) is 10.6 Å². The van der Waals surface area contributed by atoms with Crippen LogP contribution in [0.1, 0.15) is 12.8 Å². The Hall–Kier alpha value is -1.91. The van der Waals surface area contributed by atoms with Gasteiger partial charge >= 0.3 is 5.97 Å². The summed E-state index contributed by atoms with van der Waals surface area (Å²) in [6.07, 6.45) is -1.55. The molecule has 19 heavy (non-hydrogen) atoms. The Morgan fingerprint density at radius 2 is 1.89 bits per heavy atom. The van der Waals surface area contributed by atoms with Gasteiger partial charge in [0.1, 0.15) is 0 Å². The summed E-state index contributed by atoms with van der Waals surface area (Å²) in [5.74, 6) is -2.58. The lowest BCUT2D eigenvalue weighted by atomic mass is 10.1. The molecule has 10 N–H and O–H groups in total. The molecule has 2 atom stereocenters. The molecule has 0 aromatic carbocycles. The second kappa shape index (κ2) is 8.24. The minimum Gasteiger partial charge on any atom is -0.480 e. The maximum absolute atomic E-state index is 11.5. The highest BCUT2D eigenvalue weighted by molar-refractivity contribution is 5.86. The molecule has 0 aliphatic carbocycles. The number of hydrogen-bond acceptors (Lipinski definition) is 6. The number of guanidine groups is 1. The fraction of sp³-hybridized carbons (Fsp3) is 0.667. The molecule has 110 valence electrons. The minimum atomic E-state index is -2.21. The predicted molar refractivity (Wildman–Crippen MR) is 64.9 cm³/mol. The highest BCUT2D eigenvalue weighted by atomic mass is 16.5. The van der Waals surface area contributed by atoms with E-state index in [-0.39, 0.29) is 12.4 Å². The second-order valence-corrected chi connectivity index (χ2v) is 3.83. The van der Waals surface area contributed by atoms with Crippen LogP contribution in [0.3, 0.4) is 0 Å². The molecule has 0 aliphatic rings. The summed E-state index contributed by atoms with van der Waals surface area (Å²) in [4.78, 5) is 22.1. The Kier molecular flexibility index (Phi) is 7.41. The number of amides is 1. The van der Waals surface area contributed by atoms with E-state index in [9.17, 15) is 9.59 Å². The van der Waals surface area contributed by atoms with Crippen molar-refractivity contribution in [3.05, 3.63) is 0 Å². The summed E-state index contributed by atoms with van der Waals surface area (Å²) < 4.78 is 0. The topological polar surface area (TPSA) is 195 Å². The van der Waals surface area contributed by atoms with E-state index < -0.39 is 30.3 Å². The Bertz CT molecular complexity index is 335. The molecule has 0 fully saturated rings. The first-order valence-electron chi connectivity index (χ1n) is 5.48. The average molecular weight is 277 g/mol. The lowest BCUT2D eigenvalue weighted by Crippen LogP contribution is -2.53. The second-order valence-electron chi connectivity index (χ2n) is 3.83. The van der Waals surface area contributed by atoms with Gasteiger partial charge in [-0.05, 0) is 12.8 Å². The summed E-state index contributed by atoms with van der Waals surface area (Å²) >= 11 is 0. The van der Waals surface area contributed by atoms with Crippen LogP contribution in [-0.4, -0.2) is 58.1 Å². The van der Waals surface area contributed by atoms with Crippen molar-refractivity contribution in [1.29, 1.82) is 5.41 Å². The molecule has 10 heteroatoms. The normalized spacial score (nSPS) is 13.7. The van der Waals surface area contributed by atoms with E-state index in [0.29, 0.717) is 13.0 Å². The monoisotopic (exact) mass is 277 g/mol. The Morgan fingerprint density at radius 1 is 1.32 bits per heavy atom. The molecule has 0 bridgehead atoms. The molecule has 0 heterocycles. The van der Waals surface area contributed by atoms with Gasteiger partial charge in [-0.15, -0.1) is 0 Å². The number of nitrogens with two attached hydrogens (primary N) is 2. The number of nitrogens with one attached hydrogen (secondary N) is 3. The largest absolute Gasteiger partial charge is 0.480 e. The molecule has 0 spiro atoms. The molecule has 10 nitrogen and oxygen atoms in total. The van der Waals surface area contributed by atoms with Gasteiger partial charge in [0, 0.05) is 6.54 Å². The number of carbonyl (C=O) groups excluding carboxylic acids is 1. The summed E-state index contributed by atoms with van der Waals surface area (Å²) in [5, 5.41) is 37.5. The van der Waals surface area contributed by atoms with Gasteiger partial charge in [0.05, 0.1) is 6.04 Å². The predicted octanol–water partition coefficient (Wildman–Crippen LogP) is -3.54. The van der Waals surface area contributed by atoms with Gasteiger partial charge in [0.2, 0.25) is 5.91 Å². The van der Waals surface area contributed by atoms with E-state index in [1.807, 2.05) is 5.32 Å². The highest BCUT2D eigenvalue weighted by Crippen LogP contribution is 1.97. The van der Waals surface area contributed by atoms with Gasteiger partial charge in [-0.3, -0.25) is 10.2 Å². The van der Waals surface area contributed by atoms with Crippen molar-refractivity contribution in [2.45, 2.75) is 31.2 Å². The van der Waals surface area contributed by atoms with Gasteiger partial charge in [-0.1, -0.05) is 0 Å². The van der Waals surface area contributed by atoms with E-state index in [0.717, 1.165) is 0 Å². The molecule has 0 radical (unpaired) electrons. The number of carboxylic acids is 1. The number of carbonyl (C=O) groups is 2. The van der Waals surface area contributed by atoms with Crippen molar-refractivity contribution in [2.24, 2.45) is 11.5 Å². The van der Waals surface area contributed by atoms with Gasteiger partial charge in [-0.25, -0.2) is 4.79 Å². The van der Waals surface area contributed by atoms with Crippen molar-refractivity contribution in [2.75, 3.05) is 6.54 Å². The average Bonchev–Trinajstić information content (AvgIpc) is 2.29. The van der Waals surface area contributed by atoms with E-state index in [2.05, 4.69) is 5.32 Å². The molecule has 0 aromatic rings. The zero-order valence-electron chi connectivity index (χ0n) is 10.2. The van der Waals surface area contributed by atoms with Gasteiger partial charge in [-0.2, -0.15) is 0 Å². The molecule has 0 saturated heterocycles. The van der Waals surface area contributed by atoms with E-state index in [1.54, 1.807) is 0 Å². The summed E-state index contributed by atoms with van der Waals surface area (Å²) in [7, 11) is 0. The molecular weight excluding hydrogens is 258 g/mol. The van der Waals surface area contributed by atoms with Crippen LogP contribution in [0.25, 0.3) is 0 Å². The third-order valence-electron chi connectivity index (χ3n) is 2.21. The Morgan fingerprint density at radius 3 is 2.32 bits per heavy atom. The first-order valence-corrected chi connectivity index (χ1v) is 5.48. The summed E-state index contributed by atoms with van der Waals surface area (Å²) in [5.41, 5.74) is 10.5. The van der Waals surface area contributed by atoms with Crippen LogP contribution in [0, 0.1) is 5.41 Å². The molecule has 0 saturated carbocycles. The third-order valence-corrected chi connectivity index (χ3v) is 2.21. The molecule has 0 rings (SSSR count). The van der Waals surface area contributed by atoms with Gasteiger partial charge < -0.3 is 37.4 Å². The van der Waals surface area contributed by atoms with Gasteiger partial charge in [0.15, 0.2) is 18.3 Å². The van der Waals surface area contributed by atoms with E-state index in [4.69, 9.17) is 32.2 Å². The first-order chi connectivity index (χ1) is 8.75. The van der Waals surface area contributed by atoms with Crippen LogP contribution in [0.2, 0.25) is 0 Å². The number of aliphatic hydroxyl groups is 2. The first kappa shape index (κ1) is 17.1. The number of carboxylic acid groups (broad SMARTS) is 1.